The van der Waals surface area contributed by atoms with E-state index in [1.165, 1.54) is 14.2 Å². The van der Waals surface area contributed by atoms with Crippen LogP contribution in [0.25, 0.3) is 0 Å². The second kappa shape index (κ2) is 11.7. The summed E-state index contributed by atoms with van der Waals surface area (Å²) in [4.78, 5) is 39.8. The Hall–Kier alpha value is -2.94. The molecule has 1 aromatic rings. The first-order valence-electron chi connectivity index (χ1n) is 11.6. The molecule has 0 bridgehead atoms. The number of hydrogen-bond acceptors (Lipinski definition) is 9. The van der Waals surface area contributed by atoms with Crippen molar-refractivity contribution in [1.29, 1.82) is 0 Å². The highest BCUT2D eigenvalue weighted by molar-refractivity contribution is 7.99. The largest absolute Gasteiger partial charge is 0.497 e. The average molecular weight is 504 g/mol. The van der Waals surface area contributed by atoms with Crippen LogP contribution in [0.3, 0.4) is 0 Å². The molecule has 1 N–H and O–H groups in total. The van der Waals surface area contributed by atoms with E-state index < -0.39 is 23.8 Å². The number of esters is 2. The van der Waals surface area contributed by atoms with Crippen LogP contribution in [0.1, 0.15) is 38.7 Å². The zero-order valence-electron chi connectivity index (χ0n) is 21.1. The van der Waals surface area contributed by atoms with Gasteiger partial charge in [-0.1, -0.05) is 13.8 Å². The third kappa shape index (κ3) is 5.34. The van der Waals surface area contributed by atoms with Crippen molar-refractivity contribution in [3.05, 3.63) is 46.3 Å². The van der Waals surface area contributed by atoms with Gasteiger partial charge in [0.1, 0.15) is 24.0 Å². The quantitative estimate of drug-likeness (QED) is 0.308. The van der Waals surface area contributed by atoms with Gasteiger partial charge in [0.25, 0.3) is 0 Å². The lowest BCUT2D eigenvalue weighted by Crippen LogP contribution is -2.43. The maximum atomic E-state index is 13.8. The molecule has 2 aliphatic rings. The number of ketones is 1. The molecule has 0 unspecified atom stereocenters. The molecule has 3 atom stereocenters. The molecule has 0 aromatic heterocycles. The molecule has 0 fully saturated rings. The third-order valence-corrected chi connectivity index (χ3v) is 7.24. The maximum Gasteiger partial charge on any atom is 0.336 e. The second-order valence-corrected chi connectivity index (χ2v) is 9.87. The zero-order chi connectivity index (χ0) is 25.7. The smallest absolute Gasteiger partial charge is 0.336 e. The molecule has 0 saturated heterocycles. The van der Waals surface area contributed by atoms with Crippen molar-refractivity contribution in [2.24, 2.45) is 11.8 Å². The minimum absolute atomic E-state index is 0.248. The van der Waals surface area contributed by atoms with Gasteiger partial charge in [-0.05, 0) is 43.2 Å². The fraction of sp³-hybridized carbons (Fsp3) is 0.500. The number of dihydropyridines is 1. The summed E-state index contributed by atoms with van der Waals surface area (Å²) in [6.07, 6.45) is 0.455. The summed E-state index contributed by atoms with van der Waals surface area (Å²) < 4.78 is 21.6. The lowest BCUT2D eigenvalue weighted by Gasteiger charge is -2.38. The summed E-state index contributed by atoms with van der Waals surface area (Å²) in [5.41, 5.74) is 2.53. The Balaban J connectivity index is 2.17. The Bertz CT molecular complexity index is 1060. The molecule has 1 aliphatic carbocycles. The summed E-state index contributed by atoms with van der Waals surface area (Å²) in [5, 5.41) is 3.26. The number of rotatable bonds is 9. The van der Waals surface area contributed by atoms with E-state index in [9.17, 15) is 14.4 Å². The maximum absolute atomic E-state index is 13.8. The average Bonchev–Trinajstić information content (AvgIpc) is 2.84. The molecule has 0 spiro atoms. The van der Waals surface area contributed by atoms with Crippen LogP contribution in [-0.4, -0.2) is 57.2 Å². The highest BCUT2D eigenvalue weighted by Crippen LogP contribution is 2.48. The molecule has 0 saturated carbocycles. The van der Waals surface area contributed by atoms with E-state index in [2.05, 4.69) is 5.32 Å². The minimum atomic E-state index is -0.962. The normalized spacial score (nSPS) is 21.8. The number of nitrogens with one attached hydrogen (secondary N) is 1. The Morgan fingerprint density at radius 1 is 1.17 bits per heavy atom. The van der Waals surface area contributed by atoms with Crippen molar-refractivity contribution in [3.8, 4) is 11.5 Å². The Labute approximate surface area is 210 Å². The zero-order valence-corrected chi connectivity index (χ0v) is 21.9. The number of allylic oxidation sites excluding steroid dienone is 3. The van der Waals surface area contributed by atoms with Crippen molar-refractivity contribution in [2.45, 2.75) is 33.1 Å². The molecule has 8 nitrogen and oxygen atoms in total. The van der Waals surface area contributed by atoms with E-state index in [-0.39, 0.29) is 18.3 Å². The minimum Gasteiger partial charge on any atom is -0.497 e. The first kappa shape index (κ1) is 26.7. The number of benzene rings is 1. The van der Waals surface area contributed by atoms with Crippen LogP contribution in [0.5, 0.6) is 11.5 Å². The van der Waals surface area contributed by atoms with Crippen molar-refractivity contribution in [3.63, 3.8) is 0 Å². The Kier molecular flexibility index (Phi) is 8.88. The van der Waals surface area contributed by atoms with Crippen LogP contribution < -0.4 is 14.8 Å². The van der Waals surface area contributed by atoms with Gasteiger partial charge in [-0.3, -0.25) is 9.59 Å². The number of Topliss-reactive ketones (excluding diaryl/α,β-unsaturated/α-hetero) is 1. The predicted octanol–water partition coefficient (Wildman–Crippen LogP) is 3.61. The molecular formula is C26H33NO7S. The first-order chi connectivity index (χ1) is 16.8. The van der Waals surface area contributed by atoms with Crippen molar-refractivity contribution < 1.29 is 33.3 Å². The molecular weight excluding hydrogens is 470 g/mol. The van der Waals surface area contributed by atoms with Gasteiger partial charge >= 0.3 is 11.9 Å². The van der Waals surface area contributed by atoms with Crippen LogP contribution in [0.2, 0.25) is 0 Å². The molecule has 0 amide bonds. The predicted molar refractivity (Wildman–Crippen MR) is 133 cm³/mol. The number of methoxy groups -OCH3 is 3. The van der Waals surface area contributed by atoms with Gasteiger partial charge in [0.2, 0.25) is 0 Å². The van der Waals surface area contributed by atoms with Crippen molar-refractivity contribution >= 4 is 29.5 Å². The standard InChI is InChI=1S/C26H33NO7S/c1-7-35-11-10-34-26(30)21-15(3)27-18-12-14(2)20(25(29)33-6)24(28)23(18)22(21)17-13-16(31-4)8-9-19(17)32-5/h8-9,13-14,20,22,27H,7,10-12H2,1-6H3/t14-,20-,22-/m1/s1. The number of ether oxygens (including phenoxy) is 4. The Morgan fingerprint density at radius 2 is 1.91 bits per heavy atom. The molecule has 1 aliphatic heterocycles. The highest BCUT2D eigenvalue weighted by atomic mass is 32.2. The number of hydrogen-bond donors (Lipinski definition) is 1. The van der Waals surface area contributed by atoms with Crippen LogP contribution in [0.15, 0.2) is 40.7 Å². The summed E-state index contributed by atoms with van der Waals surface area (Å²) in [6.45, 7) is 5.93. The fourth-order valence-corrected chi connectivity index (χ4v) is 5.23. The third-order valence-electron chi connectivity index (χ3n) is 6.38. The SMILES string of the molecule is CCSCCOC(=O)C1=C(C)NC2=C(C(=O)[C@H](C(=O)OC)[C@H](C)C2)[C@@H]1c1cc(OC)ccc1OC. The second-order valence-electron chi connectivity index (χ2n) is 8.48. The topological polar surface area (TPSA) is 100 Å². The van der Waals surface area contributed by atoms with Crippen molar-refractivity contribution in [1.82, 2.24) is 5.32 Å². The van der Waals surface area contributed by atoms with E-state index in [0.29, 0.717) is 51.8 Å². The van der Waals surface area contributed by atoms with Crippen LogP contribution in [0, 0.1) is 11.8 Å². The van der Waals surface area contributed by atoms with Gasteiger partial charge in [0, 0.05) is 28.3 Å². The van der Waals surface area contributed by atoms with Gasteiger partial charge in [0.15, 0.2) is 5.78 Å². The van der Waals surface area contributed by atoms with Gasteiger partial charge in [-0.15, -0.1) is 0 Å². The van der Waals surface area contributed by atoms with E-state index >= 15 is 0 Å². The van der Waals surface area contributed by atoms with E-state index in [4.69, 9.17) is 18.9 Å². The fourth-order valence-electron chi connectivity index (χ4n) is 4.74. The first-order valence-corrected chi connectivity index (χ1v) is 12.7. The van der Waals surface area contributed by atoms with Crippen LogP contribution >= 0.6 is 11.8 Å². The van der Waals surface area contributed by atoms with Gasteiger partial charge in [-0.25, -0.2) is 4.79 Å². The van der Waals surface area contributed by atoms with Gasteiger partial charge < -0.3 is 24.3 Å². The lowest BCUT2D eigenvalue weighted by molar-refractivity contribution is -0.151. The molecule has 9 heteroatoms. The Morgan fingerprint density at radius 3 is 2.54 bits per heavy atom. The lowest BCUT2D eigenvalue weighted by atomic mass is 9.69. The van der Waals surface area contributed by atoms with Gasteiger partial charge in [0.05, 0.1) is 32.8 Å². The monoisotopic (exact) mass is 503 g/mol. The molecule has 1 heterocycles. The summed E-state index contributed by atoms with van der Waals surface area (Å²) >= 11 is 1.67. The number of thioether (sulfide) groups is 1. The van der Waals surface area contributed by atoms with Crippen LogP contribution in [0.4, 0.5) is 0 Å². The molecule has 0 radical (unpaired) electrons. The van der Waals surface area contributed by atoms with Gasteiger partial charge in [-0.2, -0.15) is 11.8 Å². The molecule has 35 heavy (non-hydrogen) atoms. The van der Waals surface area contributed by atoms with E-state index in [1.807, 2.05) is 13.8 Å². The molecule has 190 valence electrons. The van der Waals surface area contributed by atoms with Crippen molar-refractivity contribution in [2.75, 3.05) is 39.4 Å². The summed E-state index contributed by atoms with van der Waals surface area (Å²) in [6, 6.07) is 5.24. The van der Waals surface area contributed by atoms with E-state index in [0.717, 1.165) is 5.75 Å². The number of carbonyl (C=O) groups is 3. The highest BCUT2D eigenvalue weighted by Gasteiger charge is 2.48. The number of carbonyl (C=O) groups excluding carboxylic acids is 3. The molecule has 3 rings (SSSR count). The van der Waals surface area contributed by atoms with E-state index in [1.54, 1.807) is 44.0 Å². The summed E-state index contributed by atoms with van der Waals surface area (Å²) in [7, 11) is 4.34. The molecule has 1 aromatic carbocycles. The van der Waals surface area contributed by atoms with Crippen LogP contribution in [-0.2, 0) is 23.9 Å². The summed E-state index contributed by atoms with van der Waals surface area (Å²) in [5.74, 6) is -0.865.